The molecule has 0 aliphatic carbocycles. The summed E-state index contributed by atoms with van der Waals surface area (Å²) in [5.74, 6) is -0.988. The van der Waals surface area contributed by atoms with E-state index in [1.54, 1.807) is 17.0 Å². The van der Waals surface area contributed by atoms with Crippen LogP contribution in [-0.4, -0.2) is 29.2 Å². The lowest BCUT2D eigenvalue weighted by Crippen LogP contribution is -2.48. The fourth-order valence-electron chi connectivity index (χ4n) is 2.30. The SMILES string of the molecule is CC(C)N1CCC(c2ccc(Cl)cc2)C(=O)C1=O. The fourth-order valence-corrected chi connectivity index (χ4v) is 2.42. The predicted molar refractivity (Wildman–Crippen MR) is 70.7 cm³/mol. The summed E-state index contributed by atoms with van der Waals surface area (Å²) in [5, 5.41) is 0.636. The summed E-state index contributed by atoms with van der Waals surface area (Å²) in [6.45, 7) is 4.48. The van der Waals surface area contributed by atoms with Gasteiger partial charge in [-0.15, -0.1) is 0 Å². The van der Waals surface area contributed by atoms with Crippen LogP contribution in [0.15, 0.2) is 24.3 Å². The van der Waals surface area contributed by atoms with Crippen molar-refractivity contribution in [2.24, 2.45) is 0 Å². The minimum absolute atomic E-state index is 0.0765. The summed E-state index contributed by atoms with van der Waals surface area (Å²) in [6, 6.07) is 7.23. The van der Waals surface area contributed by atoms with Gasteiger partial charge in [0.25, 0.3) is 5.91 Å². The Morgan fingerprint density at radius 3 is 2.39 bits per heavy atom. The highest BCUT2D eigenvalue weighted by Gasteiger charge is 2.36. The molecule has 1 aromatic carbocycles. The number of likely N-dealkylation sites (tertiary alicyclic amines) is 1. The molecule has 0 radical (unpaired) electrons. The molecule has 1 aliphatic rings. The Morgan fingerprint density at radius 2 is 1.83 bits per heavy atom. The zero-order valence-corrected chi connectivity index (χ0v) is 11.3. The van der Waals surface area contributed by atoms with Gasteiger partial charge in [0.05, 0.1) is 5.92 Å². The number of carbonyl (C=O) groups excluding carboxylic acids is 2. The van der Waals surface area contributed by atoms with Crippen LogP contribution in [-0.2, 0) is 9.59 Å². The monoisotopic (exact) mass is 265 g/mol. The molecule has 96 valence electrons. The van der Waals surface area contributed by atoms with Crippen LogP contribution in [0.2, 0.25) is 5.02 Å². The molecule has 18 heavy (non-hydrogen) atoms. The molecular weight excluding hydrogens is 250 g/mol. The van der Waals surface area contributed by atoms with Crippen LogP contribution in [0.25, 0.3) is 0 Å². The van der Waals surface area contributed by atoms with Crippen LogP contribution in [0.3, 0.4) is 0 Å². The van der Waals surface area contributed by atoms with Gasteiger partial charge in [-0.1, -0.05) is 23.7 Å². The Balaban J connectivity index is 2.20. The summed E-state index contributed by atoms with van der Waals surface area (Å²) in [5.41, 5.74) is 0.876. The third kappa shape index (κ3) is 2.41. The zero-order valence-electron chi connectivity index (χ0n) is 10.5. The van der Waals surface area contributed by atoms with E-state index in [0.717, 1.165) is 5.56 Å². The second-order valence-corrected chi connectivity index (χ2v) is 5.29. The fraction of sp³-hybridized carbons (Fsp3) is 0.429. The van der Waals surface area contributed by atoms with Crippen LogP contribution >= 0.6 is 11.6 Å². The molecule has 4 heteroatoms. The highest BCUT2D eigenvalue weighted by molar-refractivity contribution is 6.38. The number of halogens is 1. The Kier molecular flexibility index (Phi) is 3.71. The second kappa shape index (κ2) is 5.11. The van der Waals surface area contributed by atoms with Crippen molar-refractivity contribution < 1.29 is 9.59 Å². The number of nitrogens with zero attached hydrogens (tertiary/aromatic N) is 1. The molecule has 1 amide bonds. The number of ketones is 1. The third-order valence-corrected chi connectivity index (χ3v) is 3.59. The topological polar surface area (TPSA) is 37.4 Å². The van der Waals surface area contributed by atoms with Crippen molar-refractivity contribution >= 4 is 23.3 Å². The molecule has 1 aliphatic heterocycles. The molecule has 1 heterocycles. The van der Waals surface area contributed by atoms with E-state index in [1.165, 1.54) is 0 Å². The molecule has 0 saturated carbocycles. The maximum absolute atomic E-state index is 12.1. The van der Waals surface area contributed by atoms with Crippen molar-refractivity contribution in [3.05, 3.63) is 34.9 Å². The van der Waals surface area contributed by atoms with Crippen molar-refractivity contribution in [3.8, 4) is 0 Å². The lowest BCUT2D eigenvalue weighted by atomic mass is 9.87. The van der Waals surface area contributed by atoms with E-state index >= 15 is 0 Å². The molecule has 1 unspecified atom stereocenters. The van der Waals surface area contributed by atoms with Gasteiger partial charge in [-0.05, 0) is 38.0 Å². The standard InChI is InChI=1S/C14H16ClNO2/c1-9(2)16-8-7-12(13(17)14(16)18)10-3-5-11(15)6-4-10/h3-6,9,12H,7-8H2,1-2H3. The lowest BCUT2D eigenvalue weighted by Gasteiger charge is -2.33. The van der Waals surface area contributed by atoms with Gasteiger partial charge in [-0.3, -0.25) is 9.59 Å². The van der Waals surface area contributed by atoms with Gasteiger partial charge in [0.1, 0.15) is 0 Å². The quantitative estimate of drug-likeness (QED) is 0.771. The Morgan fingerprint density at radius 1 is 1.22 bits per heavy atom. The predicted octanol–water partition coefficient (Wildman–Crippen LogP) is 2.63. The Bertz CT molecular complexity index is 467. The number of hydrogen-bond acceptors (Lipinski definition) is 2. The molecule has 2 rings (SSSR count). The number of rotatable bonds is 2. The van der Waals surface area contributed by atoms with Gasteiger partial charge in [-0.25, -0.2) is 0 Å². The highest BCUT2D eigenvalue weighted by atomic mass is 35.5. The molecule has 0 bridgehead atoms. The maximum atomic E-state index is 12.1. The summed E-state index contributed by atoms with van der Waals surface area (Å²) >= 11 is 5.82. The minimum Gasteiger partial charge on any atom is -0.334 e. The number of piperidine rings is 1. The molecule has 0 spiro atoms. The van der Waals surface area contributed by atoms with Crippen molar-refractivity contribution in [1.29, 1.82) is 0 Å². The molecule has 1 saturated heterocycles. The van der Waals surface area contributed by atoms with Crippen LogP contribution in [0.5, 0.6) is 0 Å². The Labute approximate surface area is 112 Å². The molecule has 1 aromatic rings. The van der Waals surface area contributed by atoms with Crippen LogP contribution in [0, 0.1) is 0 Å². The summed E-state index contributed by atoms with van der Waals surface area (Å²) in [4.78, 5) is 25.7. The molecule has 0 aromatic heterocycles. The van der Waals surface area contributed by atoms with Crippen LogP contribution in [0.4, 0.5) is 0 Å². The number of benzene rings is 1. The number of carbonyl (C=O) groups is 2. The first kappa shape index (κ1) is 13.1. The molecule has 1 atom stereocenters. The van der Waals surface area contributed by atoms with Crippen molar-refractivity contribution in [2.75, 3.05) is 6.54 Å². The van der Waals surface area contributed by atoms with Crippen LogP contribution < -0.4 is 0 Å². The lowest BCUT2D eigenvalue weighted by molar-refractivity contribution is -0.149. The zero-order chi connectivity index (χ0) is 13.3. The molecular formula is C14H16ClNO2. The largest absolute Gasteiger partial charge is 0.334 e. The smallest absolute Gasteiger partial charge is 0.290 e. The van der Waals surface area contributed by atoms with E-state index in [0.29, 0.717) is 18.0 Å². The van der Waals surface area contributed by atoms with E-state index in [4.69, 9.17) is 11.6 Å². The minimum atomic E-state index is -0.365. The van der Waals surface area contributed by atoms with E-state index in [2.05, 4.69) is 0 Å². The number of Topliss-reactive ketones (excluding diaryl/α,β-unsaturated/α-hetero) is 1. The van der Waals surface area contributed by atoms with Crippen molar-refractivity contribution in [2.45, 2.75) is 32.2 Å². The first-order valence-corrected chi connectivity index (χ1v) is 6.48. The van der Waals surface area contributed by atoms with Gasteiger partial charge in [-0.2, -0.15) is 0 Å². The van der Waals surface area contributed by atoms with Crippen molar-refractivity contribution in [1.82, 2.24) is 4.90 Å². The van der Waals surface area contributed by atoms with Gasteiger partial charge < -0.3 is 4.90 Å². The summed E-state index contributed by atoms with van der Waals surface area (Å²) in [6.07, 6.45) is 0.685. The van der Waals surface area contributed by atoms with Gasteiger partial charge in [0.2, 0.25) is 5.78 Å². The van der Waals surface area contributed by atoms with E-state index in [9.17, 15) is 9.59 Å². The molecule has 0 N–H and O–H groups in total. The van der Waals surface area contributed by atoms with E-state index in [-0.39, 0.29) is 23.7 Å². The summed E-state index contributed by atoms with van der Waals surface area (Å²) in [7, 11) is 0. The molecule has 3 nitrogen and oxygen atoms in total. The van der Waals surface area contributed by atoms with Crippen LogP contribution in [0.1, 0.15) is 31.7 Å². The Hall–Kier alpha value is -1.35. The van der Waals surface area contributed by atoms with Gasteiger partial charge in [0.15, 0.2) is 0 Å². The first-order valence-electron chi connectivity index (χ1n) is 6.11. The normalized spacial score (nSPS) is 20.7. The third-order valence-electron chi connectivity index (χ3n) is 3.34. The van der Waals surface area contributed by atoms with Gasteiger partial charge in [0, 0.05) is 17.6 Å². The van der Waals surface area contributed by atoms with E-state index < -0.39 is 0 Å². The average Bonchev–Trinajstić information content (AvgIpc) is 2.33. The van der Waals surface area contributed by atoms with Gasteiger partial charge >= 0.3 is 0 Å². The highest BCUT2D eigenvalue weighted by Crippen LogP contribution is 2.27. The number of hydrogen-bond donors (Lipinski definition) is 0. The van der Waals surface area contributed by atoms with Crippen molar-refractivity contribution in [3.63, 3.8) is 0 Å². The first-order chi connectivity index (χ1) is 8.50. The van der Waals surface area contributed by atoms with E-state index in [1.807, 2.05) is 26.0 Å². The second-order valence-electron chi connectivity index (χ2n) is 4.85. The maximum Gasteiger partial charge on any atom is 0.290 e. The average molecular weight is 266 g/mol. The number of amides is 1. The molecule has 1 fully saturated rings. The summed E-state index contributed by atoms with van der Waals surface area (Å²) < 4.78 is 0.